The van der Waals surface area contributed by atoms with Gasteiger partial charge < -0.3 is 24.5 Å². The molecule has 0 bridgehead atoms. The number of nitrogens with zero attached hydrogens (tertiary/aromatic N) is 2. The first kappa shape index (κ1) is 25.2. The molecule has 4 aromatic carbocycles. The Morgan fingerprint density at radius 1 is 0.488 bits per heavy atom. The second-order valence-electron chi connectivity index (χ2n) is 9.08. The largest absolute Gasteiger partial charge is 0.545 e. The number of carbonyl (C=O) groups is 6. The van der Waals surface area contributed by atoms with Crippen LogP contribution in [0.4, 0.5) is 11.4 Å². The van der Waals surface area contributed by atoms with E-state index in [9.17, 15) is 39.0 Å². The van der Waals surface area contributed by atoms with Crippen molar-refractivity contribution in [1.29, 1.82) is 0 Å². The fourth-order valence-corrected chi connectivity index (χ4v) is 4.67. The fourth-order valence-electron chi connectivity index (χ4n) is 4.67. The van der Waals surface area contributed by atoms with Crippen molar-refractivity contribution < 1.29 is 43.7 Å². The molecule has 0 spiro atoms. The minimum Gasteiger partial charge on any atom is -0.545 e. The zero-order valence-electron chi connectivity index (χ0n) is 20.7. The van der Waals surface area contributed by atoms with E-state index in [1.54, 1.807) is 0 Å². The first-order valence-corrected chi connectivity index (χ1v) is 12.0. The number of imide groups is 2. The lowest BCUT2D eigenvalue weighted by Gasteiger charge is -2.14. The molecule has 2 aliphatic rings. The van der Waals surface area contributed by atoms with E-state index >= 15 is 0 Å². The molecule has 0 atom stereocenters. The topological polar surface area (TPSA) is 164 Å². The van der Waals surface area contributed by atoms with Gasteiger partial charge in [0.15, 0.2) is 0 Å². The monoisotopic (exact) mass is 546 g/mol. The standard InChI is InChI=1S/C30H16N2O9/c33-25-21-11-9-19(13-23(21)27(35)31(25)17-5-1-15(2-6-17)29(37)38)41-20-10-12-22-24(14-20)28(36)32(26(22)34)18-7-3-16(4-8-18)30(39)40/h1-14H,(H,37,38)(H,39,40)/p-2. The molecule has 6 rings (SSSR count). The number of amides is 4. The van der Waals surface area contributed by atoms with E-state index in [1.165, 1.54) is 84.9 Å². The van der Waals surface area contributed by atoms with Crippen LogP contribution in [0.15, 0.2) is 84.9 Å². The van der Waals surface area contributed by atoms with Crippen molar-refractivity contribution in [2.45, 2.75) is 0 Å². The van der Waals surface area contributed by atoms with Crippen LogP contribution < -0.4 is 24.7 Å². The highest BCUT2D eigenvalue weighted by Gasteiger charge is 2.38. The van der Waals surface area contributed by atoms with Gasteiger partial charge in [-0.2, -0.15) is 0 Å². The SMILES string of the molecule is O=C([O-])c1ccc(N2C(=O)c3ccc(Oc4ccc5c(c4)C(=O)N(c4ccc(C(=O)[O-])cc4)C5=O)cc3C2=O)cc1. The number of benzene rings is 4. The van der Waals surface area contributed by atoms with Crippen LogP contribution in [-0.2, 0) is 0 Å². The predicted octanol–water partition coefficient (Wildman–Crippen LogP) is 1.81. The number of anilines is 2. The lowest BCUT2D eigenvalue weighted by Crippen LogP contribution is -2.29. The number of carboxylic acids is 2. The predicted molar refractivity (Wildman–Crippen MR) is 137 cm³/mol. The number of hydrogen-bond acceptors (Lipinski definition) is 9. The van der Waals surface area contributed by atoms with Crippen molar-refractivity contribution in [2.24, 2.45) is 0 Å². The van der Waals surface area contributed by atoms with Crippen LogP contribution in [0.5, 0.6) is 11.5 Å². The zero-order chi connectivity index (χ0) is 29.0. The minimum atomic E-state index is -1.39. The number of carbonyl (C=O) groups excluding carboxylic acids is 6. The van der Waals surface area contributed by atoms with Gasteiger partial charge in [-0.05, 0) is 71.8 Å². The third-order valence-corrected chi connectivity index (χ3v) is 6.67. The van der Waals surface area contributed by atoms with E-state index in [0.29, 0.717) is 0 Å². The van der Waals surface area contributed by atoms with Crippen LogP contribution >= 0.6 is 0 Å². The van der Waals surface area contributed by atoms with Crippen molar-refractivity contribution in [1.82, 2.24) is 0 Å². The van der Waals surface area contributed by atoms with Gasteiger partial charge in [0, 0.05) is 0 Å². The van der Waals surface area contributed by atoms with Gasteiger partial charge in [0.1, 0.15) is 11.5 Å². The molecule has 0 unspecified atom stereocenters. The lowest BCUT2D eigenvalue weighted by molar-refractivity contribution is -0.256. The molecule has 0 radical (unpaired) electrons. The summed E-state index contributed by atoms with van der Waals surface area (Å²) in [5, 5.41) is 22.0. The maximum absolute atomic E-state index is 13.1. The Bertz CT molecular complexity index is 1710. The lowest BCUT2D eigenvalue weighted by atomic mass is 10.1. The molecule has 0 N–H and O–H groups in total. The number of hydrogen-bond donors (Lipinski definition) is 0. The summed E-state index contributed by atoms with van der Waals surface area (Å²) in [6.07, 6.45) is 0. The molecular formula is C30H14N2O9-2. The van der Waals surface area contributed by atoms with Crippen LogP contribution in [0.3, 0.4) is 0 Å². The van der Waals surface area contributed by atoms with Gasteiger partial charge in [-0.25, -0.2) is 9.80 Å². The zero-order valence-corrected chi connectivity index (χ0v) is 20.7. The van der Waals surface area contributed by atoms with Crippen LogP contribution in [0.25, 0.3) is 0 Å². The molecule has 2 aliphatic heterocycles. The van der Waals surface area contributed by atoms with Crippen LogP contribution in [0.2, 0.25) is 0 Å². The third-order valence-electron chi connectivity index (χ3n) is 6.67. The highest BCUT2D eigenvalue weighted by Crippen LogP contribution is 2.35. The van der Waals surface area contributed by atoms with E-state index in [4.69, 9.17) is 4.74 Å². The van der Waals surface area contributed by atoms with Gasteiger partial charge in [-0.3, -0.25) is 19.2 Å². The Morgan fingerprint density at radius 2 is 0.829 bits per heavy atom. The Hall–Kier alpha value is -6.10. The molecule has 0 aromatic heterocycles. The second kappa shape index (κ2) is 9.27. The number of rotatable bonds is 6. The summed E-state index contributed by atoms with van der Waals surface area (Å²) in [7, 11) is 0. The molecule has 0 aliphatic carbocycles. The maximum atomic E-state index is 13.1. The summed E-state index contributed by atoms with van der Waals surface area (Å²) in [6.45, 7) is 0. The van der Waals surface area contributed by atoms with Gasteiger partial charge in [0.25, 0.3) is 23.6 Å². The molecule has 4 amide bonds. The number of fused-ring (bicyclic) bond motifs is 2. The van der Waals surface area contributed by atoms with E-state index < -0.39 is 35.6 Å². The first-order valence-electron chi connectivity index (χ1n) is 12.0. The van der Waals surface area contributed by atoms with Gasteiger partial charge >= 0.3 is 0 Å². The van der Waals surface area contributed by atoms with E-state index in [2.05, 4.69) is 0 Å². The van der Waals surface area contributed by atoms with Gasteiger partial charge in [0.2, 0.25) is 0 Å². The van der Waals surface area contributed by atoms with Crippen LogP contribution in [0, 0.1) is 0 Å². The first-order chi connectivity index (χ1) is 19.6. The summed E-state index contributed by atoms with van der Waals surface area (Å²) in [6, 6.07) is 18.7. The number of carboxylic acid groups (broad SMARTS) is 2. The smallest absolute Gasteiger partial charge is 0.266 e. The summed E-state index contributed by atoms with van der Waals surface area (Å²) < 4.78 is 5.85. The Kier molecular flexibility index (Phi) is 5.70. The van der Waals surface area contributed by atoms with Crippen LogP contribution in [0.1, 0.15) is 62.1 Å². The highest BCUT2D eigenvalue weighted by molar-refractivity contribution is 6.35. The quantitative estimate of drug-likeness (QED) is 0.328. The molecule has 0 saturated heterocycles. The molecule has 0 saturated carbocycles. The van der Waals surface area contributed by atoms with E-state index in [0.717, 1.165) is 9.80 Å². The van der Waals surface area contributed by atoms with Crippen molar-refractivity contribution in [3.8, 4) is 11.5 Å². The Balaban J connectivity index is 1.24. The fraction of sp³-hybridized carbons (Fsp3) is 0. The minimum absolute atomic E-state index is 0.0649. The average Bonchev–Trinajstić information content (AvgIpc) is 3.36. The third kappa shape index (κ3) is 4.08. The van der Waals surface area contributed by atoms with E-state index in [-0.39, 0.29) is 56.3 Å². The van der Waals surface area contributed by atoms with Crippen LogP contribution in [-0.4, -0.2) is 35.6 Å². The maximum Gasteiger partial charge on any atom is 0.266 e. The molecule has 41 heavy (non-hydrogen) atoms. The molecule has 11 heteroatoms. The number of aromatic carboxylic acids is 2. The summed E-state index contributed by atoms with van der Waals surface area (Å²) in [4.78, 5) is 75.9. The molecule has 2 heterocycles. The van der Waals surface area contributed by atoms with Crippen molar-refractivity contribution >= 4 is 46.9 Å². The van der Waals surface area contributed by atoms with Gasteiger partial charge in [0.05, 0.1) is 45.6 Å². The Labute approximate surface area is 230 Å². The summed E-state index contributed by atoms with van der Waals surface area (Å²) in [5.41, 5.74) is 0.543. The van der Waals surface area contributed by atoms with Crippen molar-refractivity contribution in [3.05, 3.63) is 118 Å². The summed E-state index contributed by atoms with van der Waals surface area (Å²) >= 11 is 0. The number of ether oxygens (including phenoxy) is 1. The van der Waals surface area contributed by atoms with Gasteiger partial charge in [-0.1, -0.05) is 24.3 Å². The molecular weight excluding hydrogens is 532 g/mol. The Morgan fingerprint density at radius 3 is 1.17 bits per heavy atom. The van der Waals surface area contributed by atoms with E-state index in [1.807, 2.05) is 0 Å². The molecule has 11 nitrogen and oxygen atoms in total. The highest BCUT2D eigenvalue weighted by atomic mass is 16.5. The van der Waals surface area contributed by atoms with Crippen molar-refractivity contribution in [2.75, 3.05) is 9.80 Å². The molecule has 0 fully saturated rings. The summed E-state index contributed by atoms with van der Waals surface area (Å²) in [5.74, 6) is -4.86. The van der Waals surface area contributed by atoms with Crippen molar-refractivity contribution in [3.63, 3.8) is 0 Å². The molecule has 4 aromatic rings. The normalized spacial score (nSPS) is 13.9. The second-order valence-corrected chi connectivity index (χ2v) is 9.08. The molecule has 200 valence electrons. The average molecular weight is 546 g/mol. The van der Waals surface area contributed by atoms with Gasteiger partial charge in [-0.15, -0.1) is 0 Å².